The third-order valence-electron chi connectivity index (χ3n) is 3.52. The Kier molecular flexibility index (Phi) is 9.29. The summed E-state index contributed by atoms with van der Waals surface area (Å²) >= 11 is 0. The first-order valence-corrected chi connectivity index (χ1v) is 7.98. The third kappa shape index (κ3) is 8.19. The normalized spacial score (nSPS) is 11.5. The number of benzene rings is 2. The highest BCUT2D eigenvalue weighted by Crippen LogP contribution is 2.23. The average Bonchev–Trinajstić information content (AvgIpc) is 2.61. The molecule has 28 heavy (non-hydrogen) atoms. The molecule has 0 aliphatic rings. The Hall–Kier alpha value is -2.24. The number of ether oxygens (including phenoxy) is 2. The minimum Gasteiger partial charge on any atom is -0.494 e. The second kappa shape index (κ2) is 10.9. The van der Waals surface area contributed by atoms with E-state index >= 15 is 0 Å². The highest BCUT2D eigenvalue weighted by atomic mass is 127. The molecule has 0 saturated carbocycles. The van der Waals surface area contributed by atoms with Gasteiger partial charge in [-0.15, -0.1) is 37.1 Å². The van der Waals surface area contributed by atoms with Crippen molar-refractivity contribution in [3.63, 3.8) is 0 Å². The second-order valence-corrected chi connectivity index (χ2v) is 5.54. The van der Waals surface area contributed by atoms with Crippen LogP contribution in [0.1, 0.15) is 11.1 Å². The molecule has 2 aromatic rings. The van der Waals surface area contributed by atoms with Crippen molar-refractivity contribution in [2.75, 3.05) is 13.7 Å². The number of alkyl halides is 3. The minimum absolute atomic E-state index is 0. The van der Waals surface area contributed by atoms with Gasteiger partial charge in [-0.05, 0) is 41.8 Å². The third-order valence-corrected chi connectivity index (χ3v) is 3.52. The van der Waals surface area contributed by atoms with Gasteiger partial charge >= 0.3 is 6.36 Å². The molecule has 0 heterocycles. The van der Waals surface area contributed by atoms with E-state index in [1.54, 1.807) is 12.1 Å². The maximum atomic E-state index is 13.3. The number of nitrogens with two attached hydrogens (primary N) is 1. The molecule has 3 N–H and O–H groups in total. The summed E-state index contributed by atoms with van der Waals surface area (Å²) in [5, 5.41) is 2.92. The standard InChI is InChI=1S/C18H19F4N3O2.HI/c1-26-16-10-12(4-7-15(16)19)8-9-24-17(23)25-11-13-2-5-14(6-3-13)27-18(20,21)22;/h2-7,10H,8-9,11H2,1H3,(H3,23,24,25);1H. The number of rotatable bonds is 7. The number of guanidine groups is 1. The van der Waals surface area contributed by atoms with Crippen LogP contribution in [0.5, 0.6) is 11.5 Å². The first kappa shape index (κ1) is 23.8. The van der Waals surface area contributed by atoms with Crippen LogP contribution >= 0.6 is 24.0 Å². The first-order chi connectivity index (χ1) is 12.8. The van der Waals surface area contributed by atoms with E-state index in [1.807, 2.05) is 0 Å². The van der Waals surface area contributed by atoms with Gasteiger partial charge in [-0.1, -0.05) is 18.2 Å². The van der Waals surface area contributed by atoms with Gasteiger partial charge in [0, 0.05) is 6.54 Å². The molecular formula is C18H20F4IN3O2. The Morgan fingerprint density at radius 3 is 2.36 bits per heavy atom. The van der Waals surface area contributed by atoms with Gasteiger partial charge in [0.15, 0.2) is 17.5 Å². The fourth-order valence-electron chi connectivity index (χ4n) is 2.22. The topological polar surface area (TPSA) is 68.9 Å². The quantitative estimate of drug-likeness (QED) is 0.254. The van der Waals surface area contributed by atoms with Crippen molar-refractivity contribution < 1.29 is 27.0 Å². The van der Waals surface area contributed by atoms with Crippen molar-refractivity contribution >= 4 is 29.9 Å². The lowest BCUT2D eigenvalue weighted by Gasteiger charge is -2.09. The average molecular weight is 513 g/mol. The monoisotopic (exact) mass is 513 g/mol. The van der Waals surface area contributed by atoms with Gasteiger partial charge in [0.2, 0.25) is 0 Å². The predicted molar refractivity (Wildman–Crippen MR) is 109 cm³/mol. The van der Waals surface area contributed by atoms with Gasteiger partial charge in [-0.2, -0.15) is 0 Å². The Bertz CT molecular complexity index is 783. The fourth-order valence-corrected chi connectivity index (χ4v) is 2.22. The van der Waals surface area contributed by atoms with E-state index in [1.165, 1.54) is 37.4 Å². The lowest BCUT2D eigenvalue weighted by Crippen LogP contribution is -2.33. The van der Waals surface area contributed by atoms with E-state index in [2.05, 4.69) is 15.0 Å². The summed E-state index contributed by atoms with van der Waals surface area (Å²) in [4.78, 5) is 4.11. The molecule has 0 aromatic heterocycles. The zero-order valence-corrected chi connectivity index (χ0v) is 17.3. The fraction of sp³-hybridized carbons (Fsp3) is 0.278. The zero-order chi connectivity index (χ0) is 19.9. The summed E-state index contributed by atoms with van der Waals surface area (Å²) < 4.78 is 58.4. The smallest absolute Gasteiger partial charge is 0.494 e. The number of aliphatic imine (C=N–C) groups is 1. The molecule has 10 heteroatoms. The van der Waals surface area contributed by atoms with E-state index in [4.69, 9.17) is 10.5 Å². The van der Waals surface area contributed by atoms with Crippen molar-refractivity contribution in [1.29, 1.82) is 0 Å². The van der Waals surface area contributed by atoms with Crippen molar-refractivity contribution in [2.24, 2.45) is 10.7 Å². The highest BCUT2D eigenvalue weighted by Gasteiger charge is 2.30. The molecular weight excluding hydrogens is 493 g/mol. The van der Waals surface area contributed by atoms with Gasteiger partial charge in [-0.25, -0.2) is 9.38 Å². The van der Waals surface area contributed by atoms with Crippen molar-refractivity contribution in [2.45, 2.75) is 19.3 Å². The predicted octanol–water partition coefficient (Wildman–Crippen LogP) is 4.00. The lowest BCUT2D eigenvalue weighted by molar-refractivity contribution is -0.274. The molecule has 154 valence electrons. The van der Waals surface area contributed by atoms with Crippen LogP contribution in [-0.2, 0) is 13.0 Å². The molecule has 0 unspecified atom stereocenters. The van der Waals surface area contributed by atoms with E-state index in [-0.39, 0.29) is 48.0 Å². The molecule has 0 amide bonds. The summed E-state index contributed by atoms with van der Waals surface area (Å²) in [6.45, 7) is 0.679. The first-order valence-electron chi connectivity index (χ1n) is 7.98. The molecule has 0 spiro atoms. The lowest BCUT2D eigenvalue weighted by atomic mass is 10.1. The molecule has 0 aliphatic heterocycles. The van der Waals surface area contributed by atoms with Crippen LogP contribution < -0.4 is 20.5 Å². The van der Waals surface area contributed by atoms with Crippen LogP contribution in [0.3, 0.4) is 0 Å². The second-order valence-electron chi connectivity index (χ2n) is 5.54. The van der Waals surface area contributed by atoms with Crippen LogP contribution in [-0.4, -0.2) is 26.0 Å². The van der Waals surface area contributed by atoms with Crippen LogP contribution in [0, 0.1) is 5.82 Å². The summed E-state index contributed by atoms with van der Waals surface area (Å²) in [5.74, 6) is -0.357. The van der Waals surface area contributed by atoms with Crippen molar-refractivity contribution in [3.8, 4) is 11.5 Å². The summed E-state index contributed by atoms with van der Waals surface area (Å²) in [6.07, 6.45) is -4.14. The number of nitrogens with zero attached hydrogens (tertiary/aromatic N) is 1. The van der Waals surface area contributed by atoms with E-state index in [9.17, 15) is 17.6 Å². The van der Waals surface area contributed by atoms with Crippen LogP contribution in [0.4, 0.5) is 17.6 Å². The van der Waals surface area contributed by atoms with Gasteiger partial charge in [0.05, 0.1) is 13.7 Å². The SMILES string of the molecule is COc1cc(CCNC(N)=NCc2ccc(OC(F)(F)F)cc2)ccc1F.I. The van der Waals surface area contributed by atoms with E-state index in [0.29, 0.717) is 18.5 Å². The summed E-state index contributed by atoms with van der Waals surface area (Å²) in [6, 6.07) is 9.96. The van der Waals surface area contributed by atoms with Crippen molar-refractivity contribution in [1.82, 2.24) is 5.32 Å². The Morgan fingerprint density at radius 1 is 1.11 bits per heavy atom. The number of nitrogens with one attached hydrogen (secondary N) is 1. The maximum absolute atomic E-state index is 13.3. The molecule has 2 aromatic carbocycles. The summed E-state index contributed by atoms with van der Waals surface area (Å²) in [7, 11) is 1.40. The largest absolute Gasteiger partial charge is 0.573 e. The van der Waals surface area contributed by atoms with Gasteiger partial charge in [0.25, 0.3) is 0 Å². The Labute approximate surface area is 176 Å². The Balaban J connectivity index is 0.00000392. The minimum atomic E-state index is -4.72. The summed E-state index contributed by atoms with van der Waals surface area (Å²) in [5.41, 5.74) is 7.31. The molecule has 2 rings (SSSR count). The van der Waals surface area contributed by atoms with Crippen LogP contribution in [0.25, 0.3) is 0 Å². The number of halogens is 5. The number of hydrogen-bond donors (Lipinski definition) is 2. The van der Waals surface area contributed by atoms with Crippen molar-refractivity contribution in [3.05, 3.63) is 59.4 Å². The zero-order valence-electron chi connectivity index (χ0n) is 14.9. The van der Waals surface area contributed by atoms with Crippen LogP contribution in [0.2, 0.25) is 0 Å². The Morgan fingerprint density at radius 2 is 1.75 bits per heavy atom. The van der Waals surface area contributed by atoms with Gasteiger partial charge in [0.1, 0.15) is 5.75 Å². The highest BCUT2D eigenvalue weighted by molar-refractivity contribution is 14.0. The van der Waals surface area contributed by atoms with Gasteiger partial charge < -0.3 is 20.5 Å². The molecule has 0 saturated heterocycles. The molecule has 0 atom stereocenters. The molecule has 0 aliphatic carbocycles. The van der Waals surface area contributed by atoms with Gasteiger partial charge in [-0.3, -0.25) is 0 Å². The molecule has 0 radical (unpaired) electrons. The van der Waals surface area contributed by atoms with Crippen LogP contribution in [0.15, 0.2) is 47.5 Å². The number of hydrogen-bond acceptors (Lipinski definition) is 3. The van der Waals surface area contributed by atoms with E-state index in [0.717, 1.165) is 5.56 Å². The number of methoxy groups -OCH3 is 1. The van der Waals surface area contributed by atoms with E-state index < -0.39 is 12.2 Å². The maximum Gasteiger partial charge on any atom is 0.573 e. The molecule has 5 nitrogen and oxygen atoms in total. The molecule has 0 fully saturated rings. The molecule has 0 bridgehead atoms.